The fraction of sp³-hybridized carbons (Fsp3) is 0.500. The first-order chi connectivity index (χ1) is 11.5. The lowest BCUT2D eigenvalue weighted by Crippen LogP contribution is -2.42. The van der Waals surface area contributed by atoms with Gasteiger partial charge in [0.25, 0.3) is 0 Å². The molecule has 0 saturated carbocycles. The largest absolute Gasteiger partial charge is 0.467 e. The highest BCUT2D eigenvalue weighted by molar-refractivity contribution is 7.13. The van der Waals surface area contributed by atoms with E-state index in [9.17, 15) is 9.59 Å². The quantitative estimate of drug-likeness (QED) is 0.734. The number of aryl methyl sites for hydroxylation is 1. The average molecular weight is 351 g/mol. The summed E-state index contributed by atoms with van der Waals surface area (Å²) in [5.74, 6) is 0.495. The molecule has 1 amide bonds. The molecule has 1 atom stereocenters. The van der Waals surface area contributed by atoms with Crippen LogP contribution >= 0.6 is 11.3 Å². The van der Waals surface area contributed by atoms with E-state index in [4.69, 9.17) is 9.26 Å². The Kier molecular flexibility index (Phi) is 6.48. The highest BCUT2D eigenvalue weighted by atomic mass is 32.1. The van der Waals surface area contributed by atoms with Gasteiger partial charge in [-0.05, 0) is 23.8 Å². The lowest BCUT2D eigenvalue weighted by Gasteiger charge is -2.18. The summed E-state index contributed by atoms with van der Waals surface area (Å²) >= 11 is 1.52. The predicted molar refractivity (Wildman–Crippen MR) is 89.3 cm³/mol. The number of esters is 1. The summed E-state index contributed by atoms with van der Waals surface area (Å²) in [5.41, 5.74) is 0. The normalized spacial score (nSPS) is 12.2. The van der Waals surface area contributed by atoms with E-state index in [0.717, 1.165) is 4.88 Å². The fourth-order valence-electron chi connectivity index (χ4n) is 2.18. The molecule has 0 saturated heterocycles. The number of ether oxygens (including phenoxy) is 1. The van der Waals surface area contributed by atoms with Gasteiger partial charge in [0.1, 0.15) is 6.04 Å². The van der Waals surface area contributed by atoms with Crippen LogP contribution in [0.3, 0.4) is 0 Å². The molecule has 0 bridgehead atoms. The zero-order valence-electron chi connectivity index (χ0n) is 13.9. The van der Waals surface area contributed by atoms with Crippen molar-refractivity contribution in [2.24, 2.45) is 5.92 Å². The number of hydrogen-bond donors (Lipinski definition) is 1. The van der Waals surface area contributed by atoms with Crippen LogP contribution in [0.1, 0.15) is 32.6 Å². The van der Waals surface area contributed by atoms with Crippen LogP contribution in [-0.4, -0.2) is 35.2 Å². The van der Waals surface area contributed by atoms with E-state index >= 15 is 0 Å². The van der Waals surface area contributed by atoms with Crippen LogP contribution in [0.15, 0.2) is 22.0 Å². The highest BCUT2D eigenvalue weighted by Gasteiger charge is 2.22. The van der Waals surface area contributed by atoms with E-state index in [2.05, 4.69) is 15.5 Å². The zero-order valence-corrected chi connectivity index (χ0v) is 14.8. The standard InChI is InChI=1S/C16H21N3O4S/c1-10(2)9-11(16(21)22-3)17-13(20)6-7-14-18-15(19-23-14)12-5-4-8-24-12/h4-5,8,10-11H,6-7,9H2,1-3H3,(H,17,20)/t11-/m0/s1. The molecule has 0 aliphatic heterocycles. The molecule has 0 aliphatic rings. The molecule has 0 fully saturated rings. The molecule has 0 spiro atoms. The number of nitrogens with one attached hydrogen (secondary N) is 1. The third-order valence-corrected chi connectivity index (χ3v) is 4.17. The van der Waals surface area contributed by atoms with Crippen molar-refractivity contribution in [2.45, 2.75) is 39.2 Å². The molecule has 0 radical (unpaired) electrons. The molecule has 2 rings (SSSR count). The minimum Gasteiger partial charge on any atom is -0.467 e. The number of amides is 1. The Morgan fingerprint density at radius 2 is 2.21 bits per heavy atom. The van der Waals surface area contributed by atoms with Gasteiger partial charge in [0.05, 0.1) is 12.0 Å². The SMILES string of the molecule is COC(=O)[C@H](CC(C)C)NC(=O)CCc1nc(-c2cccs2)no1. The molecule has 8 heteroatoms. The Balaban J connectivity index is 1.87. The second-order valence-electron chi connectivity index (χ2n) is 5.76. The van der Waals surface area contributed by atoms with Gasteiger partial charge in [-0.25, -0.2) is 4.79 Å². The van der Waals surface area contributed by atoms with Crippen LogP contribution in [0.5, 0.6) is 0 Å². The van der Waals surface area contributed by atoms with Crippen molar-refractivity contribution in [3.8, 4) is 10.7 Å². The second kappa shape index (κ2) is 8.58. The number of carbonyl (C=O) groups is 2. The van der Waals surface area contributed by atoms with Crippen molar-refractivity contribution in [3.63, 3.8) is 0 Å². The fourth-order valence-corrected chi connectivity index (χ4v) is 2.83. The summed E-state index contributed by atoms with van der Waals surface area (Å²) in [6, 6.07) is 3.18. The van der Waals surface area contributed by atoms with Crippen molar-refractivity contribution in [2.75, 3.05) is 7.11 Å². The summed E-state index contributed by atoms with van der Waals surface area (Å²) in [6.45, 7) is 3.96. The molecule has 0 unspecified atom stereocenters. The number of hydrogen-bond acceptors (Lipinski definition) is 7. The average Bonchev–Trinajstić information content (AvgIpc) is 3.21. The topological polar surface area (TPSA) is 94.3 Å². The zero-order chi connectivity index (χ0) is 17.5. The number of nitrogens with zero attached hydrogens (tertiary/aromatic N) is 2. The Morgan fingerprint density at radius 3 is 2.83 bits per heavy atom. The van der Waals surface area contributed by atoms with Crippen LogP contribution in [0.25, 0.3) is 10.7 Å². The number of thiophene rings is 1. The van der Waals surface area contributed by atoms with Crippen molar-refractivity contribution >= 4 is 23.2 Å². The van der Waals surface area contributed by atoms with Crippen LogP contribution < -0.4 is 5.32 Å². The predicted octanol–water partition coefficient (Wildman–Crippen LogP) is 2.43. The maximum absolute atomic E-state index is 12.1. The van der Waals surface area contributed by atoms with E-state index in [1.54, 1.807) is 0 Å². The second-order valence-corrected chi connectivity index (χ2v) is 6.71. The van der Waals surface area contributed by atoms with Crippen LogP contribution in [0.2, 0.25) is 0 Å². The Morgan fingerprint density at radius 1 is 1.42 bits per heavy atom. The Hall–Kier alpha value is -2.22. The lowest BCUT2D eigenvalue weighted by molar-refractivity contribution is -0.145. The van der Waals surface area contributed by atoms with Gasteiger partial charge in [-0.15, -0.1) is 11.3 Å². The van der Waals surface area contributed by atoms with E-state index in [1.165, 1.54) is 18.4 Å². The van der Waals surface area contributed by atoms with Crippen molar-refractivity contribution < 1.29 is 18.8 Å². The highest BCUT2D eigenvalue weighted by Crippen LogP contribution is 2.21. The summed E-state index contributed by atoms with van der Waals surface area (Å²) in [7, 11) is 1.31. The number of aromatic nitrogens is 2. The first-order valence-corrected chi connectivity index (χ1v) is 8.61. The first kappa shape index (κ1) is 18.1. The van der Waals surface area contributed by atoms with Crippen LogP contribution in [-0.2, 0) is 20.7 Å². The lowest BCUT2D eigenvalue weighted by atomic mass is 10.0. The molecule has 2 aromatic rings. The Labute approximate surface area is 144 Å². The molecule has 24 heavy (non-hydrogen) atoms. The summed E-state index contributed by atoms with van der Waals surface area (Å²) in [6.07, 6.45) is 1.01. The monoisotopic (exact) mass is 351 g/mol. The molecule has 130 valence electrons. The maximum atomic E-state index is 12.1. The van der Waals surface area contributed by atoms with Gasteiger partial charge in [0, 0.05) is 12.8 Å². The molecule has 2 heterocycles. The van der Waals surface area contributed by atoms with Gasteiger partial charge >= 0.3 is 5.97 Å². The first-order valence-electron chi connectivity index (χ1n) is 7.73. The third-order valence-electron chi connectivity index (χ3n) is 3.30. The minimum absolute atomic E-state index is 0.164. The molecular formula is C16H21N3O4S. The van der Waals surface area contributed by atoms with Gasteiger partial charge in [0.15, 0.2) is 0 Å². The van der Waals surface area contributed by atoms with Gasteiger partial charge in [-0.3, -0.25) is 4.79 Å². The molecular weight excluding hydrogens is 330 g/mol. The van der Waals surface area contributed by atoms with Gasteiger partial charge in [0.2, 0.25) is 17.6 Å². The van der Waals surface area contributed by atoms with Gasteiger partial charge in [-0.1, -0.05) is 25.1 Å². The number of methoxy groups -OCH3 is 1. The van der Waals surface area contributed by atoms with Crippen molar-refractivity contribution in [3.05, 3.63) is 23.4 Å². The molecule has 0 aliphatic carbocycles. The van der Waals surface area contributed by atoms with E-state index in [1.807, 2.05) is 31.4 Å². The third kappa shape index (κ3) is 5.16. The van der Waals surface area contributed by atoms with Crippen LogP contribution in [0.4, 0.5) is 0 Å². The number of rotatable bonds is 8. The van der Waals surface area contributed by atoms with E-state index in [0.29, 0.717) is 24.6 Å². The van der Waals surface area contributed by atoms with Crippen LogP contribution in [0, 0.1) is 5.92 Å². The van der Waals surface area contributed by atoms with Crippen molar-refractivity contribution in [1.29, 1.82) is 0 Å². The molecule has 1 N–H and O–H groups in total. The van der Waals surface area contributed by atoms with Gasteiger partial charge in [-0.2, -0.15) is 4.98 Å². The number of carbonyl (C=O) groups excluding carboxylic acids is 2. The molecule has 7 nitrogen and oxygen atoms in total. The summed E-state index contributed by atoms with van der Waals surface area (Å²) < 4.78 is 9.88. The maximum Gasteiger partial charge on any atom is 0.328 e. The smallest absolute Gasteiger partial charge is 0.328 e. The Bertz CT molecular complexity index is 667. The van der Waals surface area contributed by atoms with Crippen molar-refractivity contribution in [1.82, 2.24) is 15.5 Å². The molecule has 2 aromatic heterocycles. The van der Waals surface area contributed by atoms with E-state index < -0.39 is 12.0 Å². The minimum atomic E-state index is -0.633. The molecule has 0 aromatic carbocycles. The summed E-state index contributed by atoms with van der Waals surface area (Å²) in [4.78, 5) is 29.0. The summed E-state index contributed by atoms with van der Waals surface area (Å²) in [5, 5.41) is 8.53. The van der Waals surface area contributed by atoms with E-state index in [-0.39, 0.29) is 18.2 Å². The van der Waals surface area contributed by atoms with Gasteiger partial charge < -0.3 is 14.6 Å².